The van der Waals surface area contributed by atoms with Gasteiger partial charge in [-0.2, -0.15) is 0 Å². The van der Waals surface area contributed by atoms with Gasteiger partial charge in [-0.25, -0.2) is 17.5 Å². The lowest BCUT2D eigenvalue weighted by atomic mass is 10.1. The van der Waals surface area contributed by atoms with Crippen LogP contribution < -0.4 is 4.72 Å². The molecule has 25 heavy (non-hydrogen) atoms. The van der Waals surface area contributed by atoms with Crippen molar-refractivity contribution < 1.29 is 27.5 Å². The minimum Gasteiger partial charge on any atom is -0.481 e. The van der Waals surface area contributed by atoms with Crippen LogP contribution in [0.4, 0.5) is 4.39 Å². The summed E-state index contributed by atoms with van der Waals surface area (Å²) >= 11 is 0. The third kappa shape index (κ3) is 3.98. The molecule has 0 radical (unpaired) electrons. The molecular weight excluding hydrogens is 351 g/mol. The number of amides is 1. The van der Waals surface area contributed by atoms with Crippen LogP contribution in [-0.2, 0) is 19.6 Å². The molecule has 2 atom stereocenters. The Morgan fingerprint density at radius 2 is 1.72 bits per heavy atom. The molecule has 0 bridgehead atoms. The summed E-state index contributed by atoms with van der Waals surface area (Å²) in [5.74, 6) is -2.63. The minimum atomic E-state index is -3.74. The lowest BCUT2D eigenvalue weighted by Crippen LogP contribution is -2.47. The van der Waals surface area contributed by atoms with Gasteiger partial charge in [-0.05, 0) is 43.5 Å². The highest BCUT2D eigenvalue weighted by molar-refractivity contribution is 7.89. The quantitative estimate of drug-likeness (QED) is 0.798. The van der Waals surface area contributed by atoms with Gasteiger partial charge in [0.2, 0.25) is 15.9 Å². The predicted octanol–water partition coefficient (Wildman–Crippen LogP) is 0.816. The molecule has 0 aromatic heterocycles. The van der Waals surface area contributed by atoms with E-state index in [0.29, 0.717) is 32.4 Å². The van der Waals surface area contributed by atoms with E-state index in [9.17, 15) is 22.4 Å². The van der Waals surface area contributed by atoms with E-state index in [4.69, 9.17) is 5.11 Å². The van der Waals surface area contributed by atoms with Crippen LogP contribution in [0.2, 0.25) is 0 Å². The number of carbonyl (C=O) groups excluding carboxylic acids is 1. The van der Waals surface area contributed by atoms with Crippen molar-refractivity contribution in [2.24, 2.45) is 11.8 Å². The molecule has 7 nitrogen and oxygen atoms in total. The van der Waals surface area contributed by atoms with E-state index in [2.05, 4.69) is 4.72 Å². The number of nitrogens with one attached hydrogen (secondary N) is 1. The normalized spacial score (nSPS) is 24.1. The fourth-order valence-electron chi connectivity index (χ4n) is 3.09. The van der Waals surface area contributed by atoms with E-state index in [1.165, 1.54) is 12.1 Å². The lowest BCUT2D eigenvalue weighted by Gasteiger charge is -2.32. The van der Waals surface area contributed by atoms with Gasteiger partial charge in [0.15, 0.2) is 0 Å². The maximum atomic E-state index is 12.9. The number of likely N-dealkylation sites (tertiary alicyclic amines) is 1. The Balaban J connectivity index is 1.53. The fraction of sp³-hybridized carbons (Fsp3) is 0.500. The molecule has 9 heteroatoms. The third-order valence-corrected chi connectivity index (χ3v) is 6.21. The summed E-state index contributed by atoms with van der Waals surface area (Å²) in [6, 6.07) is 4.27. The monoisotopic (exact) mass is 370 g/mol. The largest absolute Gasteiger partial charge is 0.481 e. The first-order chi connectivity index (χ1) is 11.8. The number of aliphatic carboxylic acids is 1. The molecule has 0 spiro atoms. The number of piperidine rings is 1. The highest BCUT2D eigenvalue weighted by Crippen LogP contribution is 2.40. The van der Waals surface area contributed by atoms with E-state index in [-0.39, 0.29) is 16.8 Å². The van der Waals surface area contributed by atoms with Gasteiger partial charge in [0.05, 0.1) is 16.7 Å². The summed E-state index contributed by atoms with van der Waals surface area (Å²) in [6.45, 7) is 0.774. The number of rotatable bonds is 5. The van der Waals surface area contributed by atoms with Crippen LogP contribution >= 0.6 is 0 Å². The van der Waals surface area contributed by atoms with Gasteiger partial charge in [-0.3, -0.25) is 9.59 Å². The number of carboxylic acid groups (broad SMARTS) is 1. The summed E-state index contributed by atoms with van der Waals surface area (Å²) in [7, 11) is -3.74. The molecule has 2 unspecified atom stereocenters. The summed E-state index contributed by atoms with van der Waals surface area (Å²) in [4.78, 5) is 24.7. The first-order valence-electron chi connectivity index (χ1n) is 8.07. The number of hydrogen-bond donors (Lipinski definition) is 2. The van der Waals surface area contributed by atoms with Crippen LogP contribution in [-0.4, -0.2) is 49.4 Å². The van der Waals surface area contributed by atoms with Crippen LogP contribution in [0.5, 0.6) is 0 Å². The summed E-state index contributed by atoms with van der Waals surface area (Å²) in [6.07, 6.45) is 1.29. The van der Waals surface area contributed by atoms with Crippen molar-refractivity contribution in [1.29, 1.82) is 0 Å². The van der Waals surface area contributed by atoms with E-state index >= 15 is 0 Å². The first kappa shape index (κ1) is 17.8. The fourth-order valence-corrected chi connectivity index (χ4v) is 4.40. The number of sulfonamides is 1. The Labute approximate surface area is 144 Å². The average molecular weight is 370 g/mol. The SMILES string of the molecule is O=C(O)C1CC1C(=O)N1CCC(NS(=O)(=O)c2ccc(F)cc2)CC1. The zero-order valence-electron chi connectivity index (χ0n) is 13.4. The van der Waals surface area contributed by atoms with Gasteiger partial charge in [-0.15, -0.1) is 0 Å². The second-order valence-electron chi connectivity index (χ2n) is 6.46. The van der Waals surface area contributed by atoms with Crippen molar-refractivity contribution in [2.75, 3.05) is 13.1 Å². The molecule has 1 saturated carbocycles. The molecule has 1 aliphatic heterocycles. The van der Waals surface area contributed by atoms with Gasteiger partial charge < -0.3 is 10.0 Å². The average Bonchev–Trinajstić information content (AvgIpc) is 3.36. The molecule has 136 valence electrons. The van der Waals surface area contributed by atoms with E-state index in [0.717, 1.165) is 12.1 Å². The standard InChI is InChI=1S/C16H19FN2O5S/c17-10-1-3-12(4-2-10)25(23,24)18-11-5-7-19(8-6-11)15(20)13-9-14(13)16(21)22/h1-4,11,13-14,18H,5-9H2,(H,21,22). The van der Waals surface area contributed by atoms with Gasteiger partial charge in [-0.1, -0.05) is 0 Å². The zero-order chi connectivity index (χ0) is 18.2. The Hall–Kier alpha value is -2.00. The predicted molar refractivity (Wildman–Crippen MR) is 85.6 cm³/mol. The molecule has 1 saturated heterocycles. The van der Waals surface area contributed by atoms with Crippen molar-refractivity contribution in [1.82, 2.24) is 9.62 Å². The number of halogens is 1. The van der Waals surface area contributed by atoms with Gasteiger partial charge in [0.25, 0.3) is 0 Å². The van der Waals surface area contributed by atoms with Gasteiger partial charge in [0.1, 0.15) is 5.82 Å². The first-order valence-corrected chi connectivity index (χ1v) is 9.56. The van der Waals surface area contributed by atoms with Crippen LogP contribution in [0.15, 0.2) is 29.2 Å². The lowest BCUT2D eigenvalue weighted by molar-refractivity contribution is -0.142. The molecule has 1 aromatic carbocycles. The molecule has 2 N–H and O–H groups in total. The summed E-state index contributed by atoms with van der Waals surface area (Å²) < 4.78 is 40.1. The van der Waals surface area contributed by atoms with Crippen LogP contribution in [0.3, 0.4) is 0 Å². The Kier molecular flexibility index (Phi) is 4.79. The molecule has 2 aliphatic rings. The highest BCUT2D eigenvalue weighted by Gasteiger charge is 2.50. The maximum absolute atomic E-state index is 12.9. The van der Waals surface area contributed by atoms with Gasteiger partial charge >= 0.3 is 5.97 Å². The van der Waals surface area contributed by atoms with Crippen LogP contribution in [0, 0.1) is 17.7 Å². The van der Waals surface area contributed by atoms with E-state index in [1.54, 1.807) is 4.90 Å². The van der Waals surface area contributed by atoms with Crippen molar-refractivity contribution in [2.45, 2.75) is 30.2 Å². The molecule has 3 rings (SSSR count). The zero-order valence-corrected chi connectivity index (χ0v) is 14.2. The van der Waals surface area contributed by atoms with Crippen molar-refractivity contribution >= 4 is 21.9 Å². The highest BCUT2D eigenvalue weighted by atomic mass is 32.2. The maximum Gasteiger partial charge on any atom is 0.307 e. The van der Waals surface area contributed by atoms with Gasteiger partial charge in [0, 0.05) is 19.1 Å². The summed E-state index contributed by atoms with van der Waals surface area (Å²) in [5.41, 5.74) is 0. The Morgan fingerprint density at radius 3 is 2.24 bits per heavy atom. The van der Waals surface area contributed by atoms with E-state index in [1.807, 2.05) is 0 Å². The van der Waals surface area contributed by atoms with Crippen molar-refractivity contribution in [3.63, 3.8) is 0 Å². The smallest absolute Gasteiger partial charge is 0.307 e. The Morgan fingerprint density at radius 1 is 1.12 bits per heavy atom. The number of hydrogen-bond acceptors (Lipinski definition) is 4. The summed E-state index contributed by atoms with van der Waals surface area (Å²) in [5, 5.41) is 8.90. The number of carbonyl (C=O) groups is 2. The number of carboxylic acids is 1. The molecular formula is C16H19FN2O5S. The topological polar surface area (TPSA) is 104 Å². The van der Waals surface area contributed by atoms with Crippen molar-refractivity contribution in [3.05, 3.63) is 30.1 Å². The van der Waals surface area contributed by atoms with E-state index < -0.39 is 33.6 Å². The van der Waals surface area contributed by atoms with Crippen LogP contribution in [0.25, 0.3) is 0 Å². The minimum absolute atomic E-state index is 0.00492. The molecule has 1 aromatic rings. The molecule has 1 aliphatic carbocycles. The second kappa shape index (κ2) is 6.72. The molecule has 1 heterocycles. The van der Waals surface area contributed by atoms with Crippen LogP contribution in [0.1, 0.15) is 19.3 Å². The Bertz CT molecular complexity index is 772. The molecule has 2 fully saturated rings. The van der Waals surface area contributed by atoms with Crippen molar-refractivity contribution in [3.8, 4) is 0 Å². The number of nitrogens with zero attached hydrogens (tertiary/aromatic N) is 1. The number of benzene rings is 1. The second-order valence-corrected chi connectivity index (χ2v) is 8.18. The third-order valence-electron chi connectivity index (χ3n) is 4.68. The molecule has 1 amide bonds.